The van der Waals surface area contributed by atoms with Crippen LogP contribution >= 0.6 is 0 Å². The lowest BCUT2D eigenvalue weighted by molar-refractivity contribution is -0.183. The SMILES string of the molecule is C=CCCCCCCCC[C@H]1OC(=O)[C@@H]1C. The van der Waals surface area contributed by atoms with Gasteiger partial charge in [-0.1, -0.05) is 31.8 Å². The second kappa shape index (κ2) is 7.48. The van der Waals surface area contributed by atoms with Crippen molar-refractivity contribution in [2.75, 3.05) is 0 Å². The fourth-order valence-corrected chi connectivity index (χ4v) is 2.09. The van der Waals surface area contributed by atoms with Gasteiger partial charge in [0.15, 0.2) is 0 Å². The summed E-state index contributed by atoms with van der Waals surface area (Å²) in [6.07, 6.45) is 12.1. The van der Waals surface area contributed by atoms with Crippen molar-refractivity contribution in [3.8, 4) is 0 Å². The van der Waals surface area contributed by atoms with Gasteiger partial charge < -0.3 is 4.74 Å². The zero-order chi connectivity index (χ0) is 11.8. The number of carbonyl (C=O) groups is 1. The van der Waals surface area contributed by atoms with Crippen molar-refractivity contribution in [1.29, 1.82) is 0 Å². The van der Waals surface area contributed by atoms with Crippen LogP contribution in [0.3, 0.4) is 0 Å². The average Bonchev–Trinajstić information content (AvgIpc) is 2.30. The Morgan fingerprint density at radius 1 is 1.19 bits per heavy atom. The Labute approximate surface area is 99.1 Å². The lowest BCUT2D eigenvalue weighted by Crippen LogP contribution is -2.42. The Hall–Kier alpha value is -0.790. The molecule has 1 saturated heterocycles. The minimum Gasteiger partial charge on any atom is -0.461 e. The molecule has 0 aromatic carbocycles. The lowest BCUT2D eigenvalue weighted by atomic mass is 9.94. The number of rotatable bonds is 9. The van der Waals surface area contributed by atoms with E-state index >= 15 is 0 Å². The van der Waals surface area contributed by atoms with Crippen molar-refractivity contribution >= 4 is 5.97 Å². The molecule has 0 spiro atoms. The van der Waals surface area contributed by atoms with E-state index in [-0.39, 0.29) is 18.0 Å². The summed E-state index contributed by atoms with van der Waals surface area (Å²) in [6.45, 7) is 5.68. The number of allylic oxidation sites excluding steroid dienone is 1. The third kappa shape index (κ3) is 4.38. The summed E-state index contributed by atoms with van der Waals surface area (Å²) in [5.41, 5.74) is 0. The summed E-state index contributed by atoms with van der Waals surface area (Å²) in [6, 6.07) is 0. The summed E-state index contributed by atoms with van der Waals surface area (Å²) in [5, 5.41) is 0. The second-order valence-corrected chi connectivity index (χ2v) is 4.75. The highest BCUT2D eigenvalue weighted by atomic mass is 16.6. The van der Waals surface area contributed by atoms with E-state index in [0.29, 0.717) is 0 Å². The van der Waals surface area contributed by atoms with Crippen molar-refractivity contribution in [2.45, 2.75) is 64.4 Å². The summed E-state index contributed by atoms with van der Waals surface area (Å²) < 4.78 is 5.06. The van der Waals surface area contributed by atoms with Gasteiger partial charge in [-0.2, -0.15) is 0 Å². The number of cyclic esters (lactones) is 1. The summed E-state index contributed by atoms with van der Waals surface area (Å²) >= 11 is 0. The minimum absolute atomic E-state index is 0.0191. The topological polar surface area (TPSA) is 26.3 Å². The largest absolute Gasteiger partial charge is 0.461 e. The highest BCUT2D eigenvalue weighted by Crippen LogP contribution is 2.26. The maximum Gasteiger partial charge on any atom is 0.312 e. The highest BCUT2D eigenvalue weighted by molar-refractivity contribution is 5.77. The van der Waals surface area contributed by atoms with Crippen LogP contribution in [-0.2, 0) is 9.53 Å². The molecule has 0 amide bonds. The van der Waals surface area contributed by atoms with Gasteiger partial charge in [-0.25, -0.2) is 0 Å². The van der Waals surface area contributed by atoms with Gasteiger partial charge >= 0.3 is 5.97 Å². The van der Waals surface area contributed by atoms with Crippen LogP contribution in [0.25, 0.3) is 0 Å². The first-order chi connectivity index (χ1) is 7.75. The minimum atomic E-state index is -0.0191. The van der Waals surface area contributed by atoms with E-state index in [0.717, 1.165) is 12.8 Å². The third-order valence-electron chi connectivity index (χ3n) is 3.34. The molecule has 2 heteroatoms. The number of ether oxygens (including phenoxy) is 1. The van der Waals surface area contributed by atoms with Crippen molar-refractivity contribution in [3.05, 3.63) is 12.7 Å². The van der Waals surface area contributed by atoms with Crippen molar-refractivity contribution in [2.24, 2.45) is 5.92 Å². The first-order valence-electron chi connectivity index (χ1n) is 6.57. The molecule has 0 aromatic rings. The van der Waals surface area contributed by atoms with E-state index in [1.165, 1.54) is 38.5 Å². The molecule has 2 nitrogen and oxygen atoms in total. The van der Waals surface area contributed by atoms with Gasteiger partial charge in [0.25, 0.3) is 0 Å². The van der Waals surface area contributed by atoms with Gasteiger partial charge in [-0.15, -0.1) is 6.58 Å². The van der Waals surface area contributed by atoms with Crippen LogP contribution in [0.4, 0.5) is 0 Å². The van der Waals surface area contributed by atoms with Crippen molar-refractivity contribution < 1.29 is 9.53 Å². The van der Waals surface area contributed by atoms with Gasteiger partial charge in [-0.05, 0) is 32.6 Å². The summed E-state index contributed by atoms with van der Waals surface area (Å²) in [4.78, 5) is 10.8. The van der Waals surface area contributed by atoms with Gasteiger partial charge in [0.2, 0.25) is 0 Å². The van der Waals surface area contributed by atoms with Crippen LogP contribution in [-0.4, -0.2) is 12.1 Å². The number of unbranched alkanes of at least 4 members (excludes halogenated alkanes) is 6. The van der Waals surface area contributed by atoms with Gasteiger partial charge in [0.1, 0.15) is 6.10 Å². The molecule has 1 aliphatic rings. The Bertz CT molecular complexity index is 223. The Balaban J connectivity index is 1.82. The molecule has 1 heterocycles. The number of carbonyl (C=O) groups excluding carboxylic acids is 1. The molecule has 1 fully saturated rings. The van der Waals surface area contributed by atoms with E-state index in [1.807, 2.05) is 13.0 Å². The number of esters is 1. The fraction of sp³-hybridized carbons (Fsp3) is 0.786. The predicted molar refractivity (Wildman–Crippen MR) is 66.2 cm³/mol. The highest BCUT2D eigenvalue weighted by Gasteiger charge is 2.37. The molecule has 1 aliphatic heterocycles. The fourth-order valence-electron chi connectivity index (χ4n) is 2.09. The molecule has 1 rings (SSSR count). The summed E-state index contributed by atoms with van der Waals surface area (Å²) in [5.74, 6) is 0.127. The molecular formula is C14H24O2. The molecule has 0 bridgehead atoms. The van der Waals surface area contributed by atoms with E-state index in [2.05, 4.69) is 6.58 Å². The van der Waals surface area contributed by atoms with Crippen LogP contribution in [0, 0.1) is 5.92 Å². The molecule has 0 unspecified atom stereocenters. The van der Waals surface area contributed by atoms with Gasteiger partial charge in [0.05, 0.1) is 5.92 Å². The second-order valence-electron chi connectivity index (χ2n) is 4.75. The third-order valence-corrected chi connectivity index (χ3v) is 3.34. The normalized spacial score (nSPS) is 23.7. The molecule has 0 saturated carbocycles. The Morgan fingerprint density at radius 3 is 2.38 bits per heavy atom. The van der Waals surface area contributed by atoms with Gasteiger partial charge in [0, 0.05) is 0 Å². The van der Waals surface area contributed by atoms with Crippen LogP contribution in [0.15, 0.2) is 12.7 Å². The van der Waals surface area contributed by atoms with E-state index < -0.39 is 0 Å². The molecule has 0 aliphatic carbocycles. The molecule has 16 heavy (non-hydrogen) atoms. The van der Waals surface area contributed by atoms with E-state index in [9.17, 15) is 4.79 Å². The molecule has 0 radical (unpaired) electrons. The standard InChI is InChI=1S/C14H24O2/c1-3-4-5-6-7-8-9-10-11-13-12(2)14(15)16-13/h3,12-13H,1,4-11H2,2H3/t12-,13-/m1/s1. The van der Waals surface area contributed by atoms with Gasteiger partial charge in [-0.3, -0.25) is 4.79 Å². The quantitative estimate of drug-likeness (QED) is 0.338. The Kier molecular flexibility index (Phi) is 6.20. The van der Waals surface area contributed by atoms with Crippen LogP contribution in [0.1, 0.15) is 58.3 Å². The number of hydrogen-bond acceptors (Lipinski definition) is 2. The van der Waals surface area contributed by atoms with Crippen LogP contribution in [0.2, 0.25) is 0 Å². The maximum absolute atomic E-state index is 10.8. The van der Waals surface area contributed by atoms with Crippen LogP contribution < -0.4 is 0 Å². The van der Waals surface area contributed by atoms with Crippen molar-refractivity contribution in [3.63, 3.8) is 0 Å². The molecule has 0 aromatic heterocycles. The molecule has 0 N–H and O–H groups in total. The zero-order valence-corrected chi connectivity index (χ0v) is 10.4. The predicted octanol–water partition coefficient (Wildman–Crippen LogP) is 3.85. The lowest BCUT2D eigenvalue weighted by Gasteiger charge is -2.32. The van der Waals surface area contributed by atoms with Crippen LogP contribution in [0.5, 0.6) is 0 Å². The average molecular weight is 224 g/mol. The maximum atomic E-state index is 10.8. The first-order valence-corrected chi connectivity index (χ1v) is 6.57. The monoisotopic (exact) mass is 224 g/mol. The Morgan fingerprint density at radius 2 is 1.81 bits per heavy atom. The van der Waals surface area contributed by atoms with Crippen molar-refractivity contribution in [1.82, 2.24) is 0 Å². The zero-order valence-electron chi connectivity index (χ0n) is 10.4. The first kappa shape index (κ1) is 13.3. The smallest absolute Gasteiger partial charge is 0.312 e. The number of hydrogen-bond donors (Lipinski definition) is 0. The van der Waals surface area contributed by atoms with E-state index in [1.54, 1.807) is 0 Å². The molecular weight excluding hydrogens is 200 g/mol. The van der Waals surface area contributed by atoms with E-state index in [4.69, 9.17) is 4.74 Å². The molecule has 2 atom stereocenters. The molecule has 92 valence electrons. The summed E-state index contributed by atoms with van der Waals surface area (Å²) in [7, 11) is 0.